The highest BCUT2D eigenvalue weighted by atomic mass is 19.4. The number of piperazine rings is 1. The standard InChI is InChI=1S/C26H26F3N5O3/c1-17-19(24(30)36)14-22(34(17)15-18-6-2-3-7-20(18)26(27,28)29)23(35)16-32-10-12-33(13-11-32)25(37)21-8-4-5-9-31-21/h2-9,14H,10-13,15-16H2,1H3,(H2,30,36). The molecule has 0 atom stereocenters. The van der Waals surface area contributed by atoms with Crippen LogP contribution in [0.5, 0.6) is 0 Å². The number of benzene rings is 1. The predicted octanol–water partition coefficient (Wildman–Crippen LogP) is 3.00. The maximum Gasteiger partial charge on any atom is 0.416 e. The van der Waals surface area contributed by atoms with E-state index in [0.29, 0.717) is 37.6 Å². The number of nitrogens with two attached hydrogens (primary N) is 1. The van der Waals surface area contributed by atoms with Crippen molar-refractivity contribution in [3.05, 3.63) is 88.5 Å². The Morgan fingerprint density at radius 2 is 1.68 bits per heavy atom. The second-order valence-corrected chi connectivity index (χ2v) is 8.84. The van der Waals surface area contributed by atoms with E-state index >= 15 is 0 Å². The Hall–Kier alpha value is -3.99. The van der Waals surface area contributed by atoms with Gasteiger partial charge in [-0.15, -0.1) is 0 Å². The number of hydrogen-bond donors (Lipinski definition) is 1. The molecule has 2 N–H and O–H groups in total. The summed E-state index contributed by atoms with van der Waals surface area (Å²) >= 11 is 0. The maximum atomic E-state index is 13.6. The lowest BCUT2D eigenvalue weighted by Crippen LogP contribution is -2.50. The average Bonchev–Trinajstić information content (AvgIpc) is 3.20. The third-order valence-corrected chi connectivity index (χ3v) is 6.48. The number of carbonyl (C=O) groups is 3. The van der Waals surface area contributed by atoms with Gasteiger partial charge in [0.25, 0.3) is 11.8 Å². The van der Waals surface area contributed by atoms with Crippen LogP contribution in [0.15, 0.2) is 54.7 Å². The number of nitrogens with zero attached hydrogens (tertiary/aromatic N) is 4. The van der Waals surface area contributed by atoms with E-state index in [2.05, 4.69) is 4.98 Å². The number of Topliss-reactive ketones (excluding diaryl/α,β-unsaturated/α-hetero) is 1. The number of amides is 2. The van der Waals surface area contributed by atoms with E-state index < -0.39 is 17.6 Å². The molecule has 3 heterocycles. The number of halogens is 3. The SMILES string of the molecule is Cc1c(C(N)=O)cc(C(=O)CN2CCN(C(=O)c3ccccn3)CC2)n1Cc1ccccc1C(F)(F)F. The second kappa shape index (κ2) is 10.6. The minimum Gasteiger partial charge on any atom is -0.366 e. The Balaban J connectivity index is 1.51. The highest BCUT2D eigenvalue weighted by Crippen LogP contribution is 2.33. The van der Waals surface area contributed by atoms with Gasteiger partial charge in [-0.2, -0.15) is 13.2 Å². The molecular formula is C26H26F3N5O3. The van der Waals surface area contributed by atoms with Gasteiger partial charge in [-0.3, -0.25) is 24.3 Å². The molecule has 0 bridgehead atoms. The molecule has 1 aromatic carbocycles. The van der Waals surface area contributed by atoms with E-state index in [0.717, 1.165) is 6.07 Å². The highest BCUT2D eigenvalue weighted by molar-refractivity contribution is 6.01. The van der Waals surface area contributed by atoms with Gasteiger partial charge >= 0.3 is 6.18 Å². The van der Waals surface area contributed by atoms with E-state index in [1.54, 1.807) is 36.2 Å². The molecule has 2 aromatic heterocycles. The number of primary amides is 1. The summed E-state index contributed by atoms with van der Waals surface area (Å²) in [5.74, 6) is -1.31. The molecule has 1 fully saturated rings. The molecule has 0 saturated carbocycles. The van der Waals surface area contributed by atoms with Crippen LogP contribution in [-0.2, 0) is 12.7 Å². The molecule has 0 aliphatic carbocycles. The van der Waals surface area contributed by atoms with Gasteiger partial charge in [0, 0.05) is 44.6 Å². The van der Waals surface area contributed by atoms with Crippen LogP contribution >= 0.6 is 0 Å². The predicted molar refractivity (Wildman–Crippen MR) is 129 cm³/mol. The summed E-state index contributed by atoms with van der Waals surface area (Å²) in [6.07, 6.45) is -3.02. The van der Waals surface area contributed by atoms with Crippen molar-refractivity contribution in [2.45, 2.75) is 19.6 Å². The summed E-state index contributed by atoms with van der Waals surface area (Å²) in [6, 6.07) is 11.6. The molecule has 8 nitrogen and oxygen atoms in total. The van der Waals surface area contributed by atoms with Crippen molar-refractivity contribution in [3.63, 3.8) is 0 Å². The lowest BCUT2D eigenvalue weighted by atomic mass is 10.1. The number of ketones is 1. The molecular weight excluding hydrogens is 487 g/mol. The van der Waals surface area contributed by atoms with Crippen molar-refractivity contribution in [1.29, 1.82) is 0 Å². The lowest BCUT2D eigenvalue weighted by Gasteiger charge is -2.34. The zero-order valence-electron chi connectivity index (χ0n) is 20.2. The van der Waals surface area contributed by atoms with Crippen molar-refractivity contribution in [2.24, 2.45) is 5.73 Å². The van der Waals surface area contributed by atoms with E-state index in [-0.39, 0.29) is 41.6 Å². The van der Waals surface area contributed by atoms with Crippen LogP contribution in [0.25, 0.3) is 0 Å². The molecule has 1 aliphatic heterocycles. The van der Waals surface area contributed by atoms with Crippen molar-refractivity contribution >= 4 is 17.6 Å². The number of rotatable bonds is 7. The molecule has 2 amide bonds. The minimum absolute atomic E-state index is 0.0197. The van der Waals surface area contributed by atoms with Crippen LogP contribution in [0.3, 0.4) is 0 Å². The fourth-order valence-electron chi connectivity index (χ4n) is 4.48. The molecule has 1 aliphatic rings. The molecule has 4 rings (SSSR count). The number of aromatic nitrogens is 2. The van der Waals surface area contributed by atoms with Gasteiger partial charge in [-0.25, -0.2) is 0 Å². The summed E-state index contributed by atoms with van der Waals surface area (Å²) < 4.78 is 42.1. The normalized spacial score (nSPS) is 14.5. The fourth-order valence-corrected chi connectivity index (χ4v) is 4.48. The van der Waals surface area contributed by atoms with Crippen molar-refractivity contribution in [1.82, 2.24) is 19.4 Å². The molecule has 1 saturated heterocycles. The van der Waals surface area contributed by atoms with Gasteiger partial charge in [0.15, 0.2) is 5.78 Å². The highest BCUT2D eigenvalue weighted by Gasteiger charge is 2.34. The zero-order chi connectivity index (χ0) is 26.7. The van der Waals surface area contributed by atoms with Crippen LogP contribution in [-0.4, -0.2) is 69.7 Å². The number of pyridine rings is 1. The summed E-state index contributed by atoms with van der Waals surface area (Å²) in [5.41, 5.74) is 5.48. The zero-order valence-corrected chi connectivity index (χ0v) is 20.2. The Labute approximate surface area is 211 Å². The average molecular weight is 514 g/mol. The van der Waals surface area contributed by atoms with E-state index in [4.69, 9.17) is 5.73 Å². The van der Waals surface area contributed by atoms with Crippen LogP contribution in [0.4, 0.5) is 13.2 Å². The van der Waals surface area contributed by atoms with Gasteiger partial charge < -0.3 is 15.2 Å². The first-order chi connectivity index (χ1) is 17.6. The topological polar surface area (TPSA) is 102 Å². The van der Waals surface area contributed by atoms with Crippen LogP contribution in [0.2, 0.25) is 0 Å². The number of carbonyl (C=O) groups excluding carboxylic acids is 3. The molecule has 194 valence electrons. The van der Waals surface area contributed by atoms with Crippen LogP contribution in [0.1, 0.15) is 48.2 Å². The Kier molecular flexibility index (Phi) is 7.44. The van der Waals surface area contributed by atoms with Gasteiger partial charge in [0.2, 0.25) is 0 Å². The number of alkyl halides is 3. The first-order valence-electron chi connectivity index (χ1n) is 11.7. The van der Waals surface area contributed by atoms with Crippen LogP contribution < -0.4 is 5.73 Å². The molecule has 0 spiro atoms. The molecule has 37 heavy (non-hydrogen) atoms. The summed E-state index contributed by atoms with van der Waals surface area (Å²) in [4.78, 5) is 45.5. The second-order valence-electron chi connectivity index (χ2n) is 8.84. The largest absolute Gasteiger partial charge is 0.416 e. The van der Waals surface area contributed by atoms with Crippen molar-refractivity contribution in [2.75, 3.05) is 32.7 Å². The van der Waals surface area contributed by atoms with E-state index in [9.17, 15) is 27.6 Å². The Morgan fingerprint density at radius 1 is 1.00 bits per heavy atom. The fraction of sp³-hybridized carbons (Fsp3) is 0.308. The smallest absolute Gasteiger partial charge is 0.366 e. The molecule has 11 heteroatoms. The number of hydrogen-bond acceptors (Lipinski definition) is 5. The van der Waals surface area contributed by atoms with E-state index in [1.165, 1.54) is 28.8 Å². The Morgan fingerprint density at radius 3 is 2.30 bits per heavy atom. The monoisotopic (exact) mass is 513 g/mol. The Bertz CT molecular complexity index is 1310. The first-order valence-corrected chi connectivity index (χ1v) is 11.7. The third kappa shape index (κ3) is 5.72. The van der Waals surface area contributed by atoms with Gasteiger partial charge in [-0.1, -0.05) is 24.3 Å². The van der Waals surface area contributed by atoms with Gasteiger partial charge in [-0.05, 0) is 36.8 Å². The minimum atomic E-state index is -4.57. The van der Waals surface area contributed by atoms with Crippen molar-refractivity contribution in [3.8, 4) is 0 Å². The maximum absolute atomic E-state index is 13.6. The molecule has 3 aromatic rings. The third-order valence-electron chi connectivity index (χ3n) is 6.48. The molecule has 0 radical (unpaired) electrons. The summed E-state index contributed by atoms with van der Waals surface area (Å²) in [7, 11) is 0. The summed E-state index contributed by atoms with van der Waals surface area (Å²) in [6.45, 7) is 2.95. The molecule has 0 unspecified atom stereocenters. The van der Waals surface area contributed by atoms with Gasteiger partial charge in [0.05, 0.1) is 23.4 Å². The van der Waals surface area contributed by atoms with Crippen LogP contribution in [0, 0.1) is 6.92 Å². The van der Waals surface area contributed by atoms with E-state index in [1.807, 2.05) is 4.90 Å². The first kappa shape index (κ1) is 26.1. The lowest BCUT2D eigenvalue weighted by molar-refractivity contribution is -0.138. The quantitative estimate of drug-likeness (QED) is 0.490. The van der Waals surface area contributed by atoms with Gasteiger partial charge in [0.1, 0.15) is 5.69 Å². The summed E-state index contributed by atoms with van der Waals surface area (Å²) in [5, 5.41) is 0. The van der Waals surface area contributed by atoms with Crippen molar-refractivity contribution < 1.29 is 27.6 Å².